The van der Waals surface area contributed by atoms with Crippen LogP contribution in [-0.4, -0.2) is 57.9 Å². The lowest BCUT2D eigenvalue weighted by atomic mass is 10.0. The zero-order chi connectivity index (χ0) is 25.8. The summed E-state index contributed by atoms with van der Waals surface area (Å²) in [6, 6.07) is 7.03. The van der Waals surface area contributed by atoms with Crippen molar-refractivity contribution in [1.29, 1.82) is 0 Å². The van der Waals surface area contributed by atoms with Crippen LogP contribution in [-0.2, 0) is 31.2 Å². The van der Waals surface area contributed by atoms with Crippen LogP contribution in [0.4, 0.5) is 0 Å². The summed E-state index contributed by atoms with van der Waals surface area (Å²) in [4.78, 5) is 40.9. The van der Waals surface area contributed by atoms with Crippen molar-refractivity contribution >= 4 is 11.9 Å². The molecule has 0 bridgehead atoms. The van der Waals surface area contributed by atoms with Gasteiger partial charge in [-0.05, 0) is 49.4 Å². The maximum atomic E-state index is 13.3. The average molecular weight is 493 g/mol. The number of fused-ring (bicyclic) bond motifs is 1. The third-order valence-corrected chi connectivity index (χ3v) is 6.73. The first-order valence-corrected chi connectivity index (χ1v) is 12.1. The molecule has 0 saturated heterocycles. The van der Waals surface area contributed by atoms with E-state index in [1.165, 1.54) is 13.2 Å². The molecule has 3 aromatic rings. The number of nitrogens with zero attached hydrogens (tertiary/aromatic N) is 4. The number of esters is 1. The quantitative estimate of drug-likeness (QED) is 0.372. The lowest BCUT2D eigenvalue weighted by Crippen LogP contribution is -2.34. The molecule has 0 radical (unpaired) electrons. The Bertz CT molecular complexity index is 1340. The van der Waals surface area contributed by atoms with Gasteiger partial charge in [-0.2, -0.15) is 5.10 Å². The number of carbonyl (C=O) groups is 2. The fourth-order valence-electron chi connectivity index (χ4n) is 4.60. The highest BCUT2D eigenvalue weighted by Crippen LogP contribution is 2.25. The van der Waals surface area contributed by atoms with Crippen LogP contribution in [0.15, 0.2) is 41.5 Å². The number of methoxy groups -OCH3 is 1. The van der Waals surface area contributed by atoms with E-state index in [2.05, 4.69) is 5.10 Å². The number of amides is 1. The Morgan fingerprint density at radius 3 is 2.67 bits per heavy atom. The van der Waals surface area contributed by atoms with Crippen molar-refractivity contribution in [2.75, 3.05) is 26.8 Å². The van der Waals surface area contributed by atoms with Crippen LogP contribution in [0.25, 0.3) is 0 Å². The maximum absolute atomic E-state index is 13.3. The monoisotopic (exact) mass is 492 g/mol. The summed E-state index contributed by atoms with van der Waals surface area (Å²) in [6.07, 6.45) is 5.55. The number of carbonyl (C=O) groups excluding carboxylic acids is 2. The number of hydrogen-bond acceptors (Lipinski definition) is 6. The Kier molecular flexibility index (Phi) is 7.57. The molecule has 9 nitrogen and oxygen atoms in total. The summed E-state index contributed by atoms with van der Waals surface area (Å²) in [5, 5.41) is 4.16. The van der Waals surface area contributed by atoms with Gasteiger partial charge in [-0.1, -0.05) is 12.1 Å². The van der Waals surface area contributed by atoms with Gasteiger partial charge in [0, 0.05) is 56.6 Å². The van der Waals surface area contributed by atoms with Crippen LogP contribution in [0.2, 0.25) is 0 Å². The first-order chi connectivity index (χ1) is 17.3. The molecular formula is C27H32N4O5. The minimum atomic E-state index is -0.560. The van der Waals surface area contributed by atoms with Crippen LogP contribution >= 0.6 is 0 Å². The summed E-state index contributed by atoms with van der Waals surface area (Å²) < 4.78 is 14.3. The van der Waals surface area contributed by atoms with Gasteiger partial charge in [-0.25, -0.2) is 4.79 Å². The molecule has 0 N–H and O–H groups in total. The van der Waals surface area contributed by atoms with E-state index in [0.717, 1.165) is 23.1 Å². The lowest BCUT2D eigenvalue weighted by Gasteiger charge is -2.21. The Morgan fingerprint density at radius 2 is 1.94 bits per heavy atom. The highest BCUT2D eigenvalue weighted by molar-refractivity contribution is 5.96. The second-order valence-corrected chi connectivity index (χ2v) is 9.08. The molecule has 0 fully saturated rings. The third kappa shape index (κ3) is 5.19. The van der Waals surface area contributed by atoms with Crippen molar-refractivity contribution in [3.8, 4) is 5.75 Å². The van der Waals surface area contributed by atoms with E-state index in [9.17, 15) is 14.4 Å². The standard InChI is InChI=1S/C27H32N4O5/c1-18-7-5-9-21(19(18)2)26(33)30-11-10-22-25(27(34)35-4)23(15-24(32)31(22)13-12-30)36-14-6-8-20-16-28-29(3)17-20/h5,7,9,15-17H,6,8,10-14H2,1-4H3. The Balaban J connectivity index is 1.55. The van der Waals surface area contributed by atoms with Gasteiger partial charge in [0.1, 0.15) is 11.3 Å². The Hall–Kier alpha value is -3.88. The predicted molar refractivity (Wildman–Crippen MR) is 135 cm³/mol. The zero-order valence-electron chi connectivity index (χ0n) is 21.2. The fraction of sp³-hybridized carbons (Fsp3) is 0.407. The largest absolute Gasteiger partial charge is 0.492 e. The first kappa shape index (κ1) is 25.2. The Morgan fingerprint density at radius 1 is 1.14 bits per heavy atom. The highest BCUT2D eigenvalue weighted by atomic mass is 16.5. The molecule has 1 aromatic carbocycles. The van der Waals surface area contributed by atoms with E-state index in [1.54, 1.807) is 20.3 Å². The highest BCUT2D eigenvalue weighted by Gasteiger charge is 2.28. The van der Waals surface area contributed by atoms with E-state index in [0.29, 0.717) is 43.8 Å². The van der Waals surface area contributed by atoms with Crippen LogP contribution in [0, 0.1) is 13.8 Å². The van der Waals surface area contributed by atoms with Crippen molar-refractivity contribution in [3.05, 3.63) is 80.5 Å². The molecule has 1 aliphatic rings. The summed E-state index contributed by atoms with van der Waals surface area (Å²) >= 11 is 0. The van der Waals surface area contributed by atoms with E-state index in [4.69, 9.17) is 9.47 Å². The lowest BCUT2D eigenvalue weighted by molar-refractivity contribution is 0.0593. The average Bonchev–Trinajstić information content (AvgIpc) is 3.15. The molecule has 36 heavy (non-hydrogen) atoms. The van der Waals surface area contributed by atoms with Crippen molar-refractivity contribution in [3.63, 3.8) is 0 Å². The molecule has 0 spiro atoms. The SMILES string of the molecule is COC(=O)c1c(OCCCc2cnn(C)c2)cc(=O)n2c1CCN(C(=O)c1cccc(C)c1C)CC2. The predicted octanol–water partition coefficient (Wildman–Crippen LogP) is 2.70. The molecule has 0 atom stereocenters. The second-order valence-electron chi connectivity index (χ2n) is 9.08. The summed E-state index contributed by atoms with van der Waals surface area (Å²) in [6.45, 7) is 5.28. The molecule has 1 aliphatic heterocycles. The van der Waals surface area contributed by atoms with Crippen molar-refractivity contribution < 1.29 is 19.1 Å². The number of aromatic nitrogens is 3. The second kappa shape index (κ2) is 10.8. The van der Waals surface area contributed by atoms with Crippen molar-refractivity contribution in [2.45, 2.75) is 39.7 Å². The minimum absolute atomic E-state index is 0.0800. The number of hydrogen-bond donors (Lipinski definition) is 0. The molecule has 0 unspecified atom stereocenters. The molecule has 4 rings (SSSR count). The summed E-state index contributed by atoms with van der Waals surface area (Å²) in [7, 11) is 3.17. The number of benzene rings is 1. The summed E-state index contributed by atoms with van der Waals surface area (Å²) in [5.41, 5.74) is 4.25. The molecule has 0 aliphatic carbocycles. The topological polar surface area (TPSA) is 95.7 Å². The molecule has 0 saturated carbocycles. The smallest absolute Gasteiger partial charge is 0.343 e. The van der Waals surface area contributed by atoms with Gasteiger partial charge in [0.2, 0.25) is 0 Å². The van der Waals surface area contributed by atoms with Crippen molar-refractivity contribution in [2.24, 2.45) is 7.05 Å². The van der Waals surface area contributed by atoms with Crippen molar-refractivity contribution in [1.82, 2.24) is 19.2 Å². The van der Waals surface area contributed by atoms with E-state index >= 15 is 0 Å². The fourth-order valence-corrected chi connectivity index (χ4v) is 4.60. The molecule has 9 heteroatoms. The third-order valence-electron chi connectivity index (χ3n) is 6.73. The van der Waals surface area contributed by atoms with Gasteiger partial charge in [0.05, 0.1) is 19.9 Å². The first-order valence-electron chi connectivity index (χ1n) is 12.1. The van der Waals surface area contributed by atoms with E-state index in [-0.39, 0.29) is 29.3 Å². The molecule has 1 amide bonds. The van der Waals surface area contributed by atoms with Gasteiger partial charge >= 0.3 is 5.97 Å². The van der Waals surface area contributed by atoms with Gasteiger partial charge in [0.25, 0.3) is 11.5 Å². The number of rotatable bonds is 7. The normalized spacial score (nSPS) is 13.2. The summed E-state index contributed by atoms with van der Waals surface area (Å²) in [5.74, 6) is -0.419. The number of pyridine rings is 1. The van der Waals surface area contributed by atoms with Crippen LogP contribution in [0.1, 0.15) is 49.5 Å². The zero-order valence-corrected chi connectivity index (χ0v) is 21.2. The number of ether oxygens (including phenoxy) is 2. The Labute approximate surface area is 210 Å². The van der Waals surface area contributed by atoms with Gasteiger partial charge < -0.3 is 18.9 Å². The molecule has 3 heterocycles. The van der Waals surface area contributed by atoms with Gasteiger partial charge in [0.15, 0.2) is 0 Å². The van der Waals surface area contributed by atoms with E-state index < -0.39 is 5.97 Å². The minimum Gasteiger partial charge on any atom is -0.492 e. The number of aryl methyl sites for hydroxylation is 3. The molecule has 190 valence electrons. The van der Waals surface area contributed by atoms with Gasteiger partial charge in [-0.3, -0.25) is 14.3 Å². The maximum Gasteiger partial charge on any atom is 0.343 e. The molecule has 2 aromatic heterocycles. The van der Waals surface area contributed by atoms with Crippen LogP contribution in [0.3, 0.4) is 0 Å². The van der Waals surface area contributed by atoms with Crippen LogP contribution in [0.5, 0.6) is 5.75 Å². The van der Waals surface area contributed by atoms with Crippen LogP contribution < -0.4 is 10.3 Å². The van der Waals surface area contributed by atoms with E-state index in [1.807, 2.05) is 45.3 Å². The van der Waals surface area contributed by atoms with Gasteiger partial charge in [-0.15, -0.1) is 0 Å². The molecular weight excluding hydrogens is 460 g/mol.